The minimum absolute atomic E-state index is 0.552. The highest BCUT2D eigenvalue weighted by atomic mass is 16.7. The number of hydrogen-bond acceptors (Lipinski definition) is 2. The molecule has 2 atom stereocenters. The van der Waals surface area contributed by atoms with E-state index < -0.39 is 5.03 Å². The first kappa shape index (κ1) is 10.7. The normalized spacial score (nSPS) is 33.8. The van der Waals surface area contributed by atoms with Crippen LogP contribution in [0.3, 0.4) is 0 Å². The average molecular weight is 232 g/mol. The second-order valence-corrected chi connectivity index (χ2v) is 5.16. The molecule has 0 aliphatic heterocycles. The van der Waals surface area contributed by atoms with Crippen molar-refractivity contribution < 1.29 is 5.03 Å². The maximum Gasteiger partial charge on any atom is 0.191 e. The molecule has 0 aromatic rings. The third-order valence-corrected chi connectivity index (χ3v) is 4.24. The monoisotopic (exact) mass is 232 g/mol. The van der Waals surface area contributed by atoms with E-state index in [-0.39, 0.29) is 0 Å². The second kappa shape index (κ2) is 4.09. The summed E-state index contributed by atoms with van der Waals surface area (Å²) in [6, 6.07) is 0. The Hall–Kier alpha value is -1.45. The van der Waals surface area contributed by atoms with Crippen molar-refractivity contribution in [3.63, 3.8) is 0 Å². The molecular formula is C13H16N2O2. The van der Waals surface area contributed by atoms with Crippen molar-refractivity contribution in [3.05, 3.63) is 33.4 Å². The van der Waals surface area contributed by atoms with Crippen LogP contribution in [-0.4, -0.2) is 10.7 Å². The van der Waals surface area contributed by atoms with Crippen molar-refractivity contribution in [2.24, 2.45) is 16.9 Å². The molecule has 4 nitrogen and oxygen atoms in total. The predicted molar refractivity (Wildman–Crippen MR) is 65.3 cm³/mol. The van der Waals surface area contributed by atoms with Gasteiger partial charge in [0.15, 0.2) is 5.03 Å². The molecule has 1 saturated carbocycles. The zero-order valence-corrected chi connectivity index (χ0v) is 9.76. The van der Waals surface area contributed by atoms with Crippen LogP contribution in [0.5, 0.6) is 0 Å². The lowest BCUT2D eigenvalue weighted by Crippen LogP contribution is -2.29. The molecule has 0 amide bonds. The number of allylic oxidation sites excluding steroid dienone is 4. The Morgan fingerprint density at radius 1 is 1.29 bits per heavy atom. The third-order valence-electron chi connectivity index (χ3n) is 4.24. The van der Waals surface area contributed by atoms with Gasteiger partial charge in [-0.25, -0.2) is 10.1 Å². The lowest BCUT2D eigenvalue weighted by atomic mass is 9.66. The maximum atomic E-state index is 10.6. The van der Waals surface area contributed by atoms with Crippen molar-refractivity contribution in [1.29, 1.82) is 0 Å². The molecule has 0 spiro atoms. The quantitative estimate of drug-likeness (QED) is 0.515. The van der Waals surface area contributed by atoms with Crippen LogP contribution in [-0.2, 0) is 0 Å². The minimum Gasteiger partial charge on any atom is -0.233 e. The van der Waals surface area contributed by atoms with Crippen LogP contribution in [0.1, 0.15) is 38.5 Å². The average Bonchev–Trinajstić information content (AvgIpc) is 2.33. The Labute approximate surface area is 100 Å². The highest BCUT2D eigenvalue weighted by molar-refractivity contribution is 6.04. The van der Waals surface area contributed by atoms with E-state index in [0.29, 0.717) is 17.5 Å². The molecule has 1 fully saturated rings. The number of hydrazone groups is 1. The minimum atomic E-state index is -0.552. The maximum absolute atomic E-state index is 10.6. The Morgan fingerprint density at radius 3 is 2.94 bits per heavy atom. The van der Waals surface area contributed by atoms with Gasteiger partial charge < -0.3 is 0 Å². The van der Waals surface area contributed by atoms with Gasteiger partial charge >= 0.3 is 0 Å². The molecule has 17 heavy (non-hydrogen) atoms. The van der Waals surface area contributed by atoms with Gasteiger partial charge in [-0.2, -0.15) is 0 Å². The number of rotatable bonds is 1. The van der Waals surface area contributed by atoms with Crippen molar-refractivity contribution in [3.8, 4) is 0 Å². The topological polar surface area (TPSA) is 55.5 Å². The standard InChI is InChI=1S/C13H16N2O2/c16-15(17)14-12-8-7-10-4-1-3-9-5-2-6-11(12)13(9)10/h2,6,9-10H,1,3-5,7-8H2/b14-12-. The van der Waals surface area contributed by atoms with Crippen LogP contribution >= 0.6 is 0 Å². The van der Waals surface area contributed by atoms with Gasteiger partial charge in [0.05, 0.1) is 5.10 Å². The summed E-state index contributed by atoms with van der Waals surface area (Å²) in [6.07, 6.45) is 11.0. The van der Waals surface area contributed by atoms with E-state index in [4.69, 9.17) is 0 Å². The Balaban J connectivity index is 2.06. The van der Waals surface area contributed by atoms with Crippen LogP contribution < -0.4 is 0 Å². The fourth-order valence-corrected chi connectivity index (χ4v) is 3.60. The number of nitrogens with zero attached hydrogens (tertiary/aromatic N) is 2. The molecule has 0 radical (unpaired) electrons. The molecule has 3 aliphatic carbocycles. The van der Waals surface area contributed by atoms with Crippen LogP contribution in [0.25, 0.3) is 0 Å². The fraction of sp³-hybridized carbons (Fsp3) is 0.615. The van der Waals surface area contributed by atoms with Gasteiger partial charge in [-0.05, 0) is 43.9 Å². The molecule has 0 aromatic heterocycles. The SMILES string of the molecule is O=[N+]([O-])/N=C1/CCC2CCCC3CC=CC1=C32. The van der Waals surface area contributed by atoms with Crippen LogP contribution in [0.2, 0.25) is 0 Å². The van der Waals surface area contributed by atoms with Gasteiger partial charge in [0, 0.05) is 5.57 Å². The van der Waals surface area contributed by atoms with Crippen molar-refractivity contribution in [1.82, 2.24) is 0 Å². The van der Waals surface area contributed by atoms with Crippen molar-refractivity contribution in [2.75, 3.05) is 0 Å². The van der Waals surface area contributed by atoms with Gasteiger partial charge in [0.1, 0.15) is 5.71 Å². The Bertz CT molecular complexity index is 448. The number of nitro groups is 1. The largest absolute Gasteiger partial charge is 0.233 e. The van der Waals surface area contributed by atoms with Gasteiger partial charge in [-0.15, -0.1) is 0 Å². The summed E-state index contributed by atoms with van der Waals surface area (Å²) in [5, 5.41) is 13.6. The summed E-state index contributed by atoms with van der Waals surface area (Å²) in [7, 11) is 0. The Kier molecular flexibility index (Phi) is 2.57. The summed E-state index contributed by atoms with van der Waals surface area (Å²) in [4.78, 5) is 10.6. The second-order valence-electron chi connectivity index (χ2n) is 5.16. The smallest absolute Gasteiger partial charge is 0.191 e. The van der Waals surface area contributed by atoms with Gasteiger partial charge in [0.25, 0.3) is 0 Å². The molecule has 0 saturated heterocycles. The zero-order valence-electron chi connectivity index (χ0n) is 9.76. The highest BCUT2D eigenvalue weighted by Gasteiger charge is 2.35. The molecule has 0 heterocycles. The highest BCUT2D eigenvalue weighted by Crippen LogP contribution is 2.46. The van der Waals surface area contributed by atoms with E-state index in [1.807, 2.05) is 0 Å². The molecule has 3 rings (SSSR count). The van der Waals surface area contributed by atoms with E-state index >= 15 is 0 Å². The predicted octanol–water partition coefficient (Wildman–Crippen LogP) is 3.09. The van der Waals surface area contributed by atoms with Crippen LogP contribution in [0.4, 0.5) is 0 Å². The molecule has 0 N–H and O–H groups in total. The van der Waals surface area contributed by atoms with Crippen LogP contribution in [0, 0.1) is 22.0 Å². The third kappa shape index (κ3) is 1.81. The van der Waals surface area contributed by atoms with Gasteiger partial charge in [-0.1, -0.05) is 24.1 Å². The Morgan fingerprint density at radius 2 is 2.12 bits per heavy atom. The lowest BCUT2D eigenvalue weighted by molar-refractivity contribution is -0.485. The van der Waals surface area contributed by atoms with Gasteiger partial charge in [-0.3, -0.25) is 0 Å². The van der Waals surface area contributed by atoms with Crippen LogP contribution in [0.15, 0.2) is 28.4 Å². The van der Waals surface area contributed by atoms with E-state index in [1.165, 1.54) is 24.8 Å². The summed E-state index contributed by atoms with van der Waals surface area (Å²) in [5.74, 6) is 1.30. The summed E-state index contributed by atoms with van der Waals surface area (Å²) in [6.45, 7) is 0. The molecule has 2 unspecified atom stereocenters. The first-order chi connectivity index (χ1) is 8.25. The number of hydrogen-bond donors (Lipinski definition) is 0. The van der Waals surface area contributed by atoms with E-state index in [2.05, 4.69) is 17.3 Å². The van der Waals surface area contributed by atoms with Crippen molar-refractivity contribution >= 4 is 5.71 Å². The summed E-state index contributed by atoms with van der Waals surface area (Å²) in [5.41, 5.74) is 3.27. The molecule has 0 aromatic carbocycles. The molecular weight excluding hydrogens is 216 g/mol. The fourth-order valence-electron chi connectivity index (χ4n) is 3.60. The molecule has 90 valence electrons. The van der Waals surface area contributed by atoms with E-state index in [1.54, 1.807) is 0 Å². The first-order valence-electron chi connectivity index (χ1n) is 6.38. The summed E-state index contributed by atoms with van der Waals surface area (Å²) < 4.78 is 0. The summed E-state index contributed by atoms with van der Waals surface area (Å²) >= 11 is 0. The van der Waals surface area contributed by atoms with E-state index in [9.17, 15) is 10.1 Å². The molecule has 4 heteroatoms. The van der Waals surface area contributed by atoms with Gasteiger partial charge in [0.2, 0.25) is 0 Å². The molecule has 3 aliphatic rings. The first-order valence-corrected chi connectivity index (χ1v) is 6.38. The van der Waals surface area contributed by atoms with E-state index in [0.717, 1.165) is 24.8 Å². The zero-order chi connectivity index (χ0) is 11.8. The molecule has 0 bridgehead atoms. The van der Waals surface area contributed by atoms with Crippen molar-refractivity contribution in [2.45, 2.75) is 38.5 Å². The lowest BCUT2D eigenvalue weighted by Gasteiger charge is -2.38.